The number of thiazole rings is 1. The van der Waals surface area contributed by atoms with Crippen LogP contribution in [0.2, 0.25) is 0 Å². The van der Waals surface area contributed by atoms with Crippen molar-refractivity contribution in [2.75, 3.05) is 25.5 Å². The van der Waals surface area contributed by atoms with Gasteiger partial charge in [0.05, 0.1) is 17.3 Å². The first-order valence-electron chi connectivity index (χ1n) is 9.35. The summed E-state index contributed by atoms with van der Waals surface area (Å²) >= 11 is 1.58. The molecule has 1 aliphatic heterocycles. The van der Waals surface area contributed by atoms with Gasteiger partial charge in [-0.2, -0.15) is 0 Å². The molecule has 1 saturated heterocycles. The molecule has 2 aromatic carbocycles. The highest BCUT2D eigenvalue weighted by Crippen LogP contribution is 2.31. The first-order chi connectivity index (χ1) is 13.6. The zero-order chi connectivity index (χ0) is 19.5. The average Bonchev–Trinajstić information content (AvgIpc) is 3.12. The Balaban J connectivity index is 1.32. The van der Waals surface area contributed by atoms with Crippen molar-refractivity contribution in [1.82, 2.24) is 9.88 Å². The number of carbonyl (C=O) groups excluding carboxylic acids is 1. The minimum Gasteiger partial charge on any atom is -0.497 e. The van der Waals surface area contributed by atoms with E-state index in [0.29, 0.717) is 18.3 Å². The highest BCUT2D eigenvalue weighted by Gasteiger charge is 2.25. The molecular weight excluding hydrogens is 374 g/mol. The van der Waals surface area contributed by atoms with E-state index in [0.717, 1.165) is 40.1 Å². The molecule has 7 heteroatoms. The summed E-state index contributed by atoms with van der Waals surface area (Å²) in [5, 5.41) is 3.64. The summed E-state index contributed by atoms with van der Waals surface area (Å²) in [6.07, 6.45) is 1.67. The number of anilines is 1. The summed E-state index contributed by atoms with van der Waals surface area (Å²) in [6.45, 7) is 3.38. The minimum absolute atomic E-state index is 0.0849. The molecule has 0 bridgehead atoms. The quantitative estimate of drug-likeness (QED) is 0.694. The second-order valence-corrected chi connectivity index (χ2v) is 7.86. The molecule has 0 spiro atoms. The lowest BCUT2D eigenvalue weighted by Crippen LogP contribution is -2.43. The summed E-state index contributed by atoms with van der Waals surface area (Å²) < 4.78 is 12.4. The lowest BCUT2D eigenvalue weighted by molar-refractivity contribution is 0.115. The molecule has 4 rings (SSSR count). The van der Waals surface area contributed by atoms with Gasteiger partial charge >= 0.3 is 6.03 Å². The van der Waals surface area contributed by atoms with Gasteiger partial charge in [-0.25, -0.2) is 9.78 Å². The van der Waals surface area contributed by atoms with E-state index in [2.05, 4.69) is 29.4 Å². The first kappa shape index (κ1) is 18.6. The molecule has 6 nitrogen and oxygen atoms in total. The largest absolute Gasteiger partial charge is 0.497 e. The van der Waals surface area contributed by atoms with Crippen LogP contribution >= 0.6 is 11.3 Å². The summed E-state index contributed by atoms with van der Waals surface area (Å²) in [5.74, 6) is 0.718. The third-order valence-electron chi connectivity index (χ3n) is 4.92. The van der Waals surface area contributed by atoms with Gasteiger partial charge in [-0.05, 0) is 30.7 Å². The van der Waals surface area contributed by atoms with Crippen LogP contribution in [0.25, 0.3) is 10.2 Å². The van der Waals surface area contributed by atoms with Crippen molar-refractivity contribution in [1.29, 1.82) is 0 Å². The Bertz CT molecular complexity index is 980. The average molecular weight is 398 g/mol. The summed E-state index contributed by atoms with van der Waals surface area (Å²) in [6, 6.07) is 13.4. The Morgan fingerprint density at radius 3 is 2.75 bits per heavy atom. The van der Waals surface area contributed by atoms with Gasteiger partial charge in [0.1, 0.15) is 11.9 Å². The fourth-order valence-corrected chi connectivity index (χ4v) is 4.30. The number of piperidine rings is 1. The van der Waals surface area contributed by atoms with Gasteiger partial charge in [-0.1, -0.05) is 29.5 Å². The van der Waals surface area contributed by atoms with Crippen molar-refractivity contribution in [2.45, 2.75) is 25.9 Å². The summed E-state index contributed by atoms with van der Waals surface area (Å²) in [4.78, 5) is 19.0. The van der Waals surface area contributed by atoms with Crippen LogP contribution in [-0.4, -0.2) is 42.2 Å². The van der Waals surface area contributed by atoms with Crippen LogP contribution < -0.4 is 14.8 Å². The Morgan fingerprint density at radius 1 is 1.21 bits per heavy atom. The number of urea groups is 1. The maximum atomic E-state index is 12.5. The van der Waals surface area contributed by atoms with Crippen LogP contribution in [0.15, 0.2) is 42.5 Å². The molecule has 1 aromatic heterocycles. The number of carbonyl (C=O) groups is 1. The topological polar surface area (TPSA) is 63.7 Å². The molecule has 2 heterocycles. The van der Waals surface area contributed by atoms with Gasteiger partial charge in [0.15, 0.2) is 0 Å². The van der Waals surface area contributed by atoms with Crippen LogP contribution in [0.5, 0.6) is 10.9 Å². The lowest BCUT2D eigenvalue weighted by Gasteiger charge is -2.31. The lowest BCUT2D eigenvalue weighted by atomic mass is 10.1. The standard InChI is InChI=1S/C21H23N3O3S/c1-14-5-3-8-18-19(14)23-21(28-18)27-16-9-11-24(12-10-16)20(25)22-15-6-4-7-17(13-15)26-2/h3-8,13,16H,9-12H2,1-2H3,(H,22,25). The third-order valence-corrected chi connectivity index (χ3v) is 5.83. The molecule has 146 valence electrons. The molecule has 3 aromatic rings. The number of nitrogens with zero attached hydrogens (tertiary/aromatic N) is 2. The molecule has 0 aliphatic carbocycles. The number of methoxy groups -OCH3 is 1. The second-order valence-electron chi connectivity index (χ2n) is 6.87. The van der Waals surface area contributed by atoms with Gasteiger partial charge in [0, 0.05) is 37.7 Å². The molecule has 0 unspecified atom stereocenters. The molecule has 1 fully saturated rings. The molecule has 1 aliphatic rings. The summed E-state index contributed by atoms with van der Waals surface area (Å²) in [5.41, 5.74) is 2.90. The molecular formula is C21H23N3O3S. The second kappa shape index (κ2) is 8.06. The van der Waals surface area contributed by atoms with Crippen LogP contribution in [0.1, 0.15) is 18.4 Å². The third kappa shape index (κ3) is 4.04. The number of para-hydroxylation sites is 1. The number of amides is 2. The predicted molar refractivity (Wildman–Crippen MR) is 112 cm³/mol. The number of likely N-dealkylation sites (tertiary alicyclic amines) is 1. The van der Waals surface area contributed by atoms with E-state index in [9.17, 15) is 4.79 Å². The predicted octanol–water partition coefficient (Wildman–Crippen LogP) is 4.69. The van der Waals surface area contributed by atoms with Gasteiger partial charge in [0.25, 0.3) is 5.19 Å². The van der Waals surface area contributed by atoms with E-state index in [4.69, 9.17) is 9.47 Å². The van der Waals surface area contributed by atoms with Crippen molar-refractivity contribution in [2.24, 2.45) is 0 Å². The smallest absolute Gasteiger partial charge is 0.321 e. The number of aromatic nitrogens is 1. The maximum Gasteiger partial charge on any atom is 0.321 e. The normalized spacial score (nSPS) is 14.9. The van der Waals surface area contributed by atoms with Gasteiger partial charge in [0.2, 0.25) is 0 Å². The van der Waals surface area contributed by atoms with Crippen molar-refractivity contribution >= 4 is 33.3 Å². The number of rotatable bonds is 4. The van der Waals surface area contributed by atoms with E-state index in [-0.39, 0.29) is 12.1 Å². The fraction of sp³-hybridized carbons (Fsp3) is 0.333. The van der Waals surface area contributed by atoms with Crippen LogP contribution in [0, 0.1) is 6.92 Å². The maximum absolute atomic E-state index is 12.5. The van der Waals surface area contributed by atoms with Crippen LogP contribution in [0.3, 0.4) is 0 Å². The molecule has 0 atom stereocenters. The first-order valence-corrected chi connectivity index (χ1v) is 10.2. The SMILES string of the molecule is COc1cccc(NC(=O)N2CCC(Oc3nc4c(C)cccc4s3)CC2)c1. The van der Waals surface area contributed by atoms with Crippen molar-refractivity contribution in [3.63, 3.8) is 0 Å². The van der Waals surface area contributed by atoms with Gasteiger partial charge in [-0.15, -0.1) is 0 Å². The van der Waals surface area contributed by atoms with E-state index < -0.39 is 0 Å². The number of benzene rings is 2. The van der Waals surface area contributed by atoms with Crippen LogP contribution in [0.4, 0.5) is 10.5 Å². The number of hydrogen-bond acceptors (Lipinski definition) is 5. The van der Waals surface area contributed by atoms with Crippen molar-refractivity contribution < 1.29 is 14.3 Å². The zero-order valence-corrected chi connectivity index (χ0v) is 16.8. The van der Waals surface area contributed by atoms with Gasteiger partial charge < -0.3 is 19.7 Å². The molecule has 1 N–H and O–H groups in total. The van der Waals surface area contributed by atoms with E-state index in [1.165, 1.54) is 0 Å². The van der Waals surface area contributed by atoms with E-state index in [1.807, 2.05) is 35.2 Å². The highest BCUT2D eigenvalue weighted by atomic mass is 32.1. The Hall–Kier alpha value is -2.80. The zero-order valence-electron chi connectivity index (χ0n) is 16.0. The molecule has 0 saturated carbocycles. The number of aryl methyl sites for hydroxylation is 1. The highest BCUT2D eigenvalue weighted by molar-refractivity contribution is 7.20. The molecule has 28 heavy (non-hydrogen) atoms. The number of nitrogens with one attached hydrogen (secondary N) is 1. The number of fused-ring (bicyclic) bond motifs is 1. The monoisotopic (exact) mass is 397 g/mol. The van der Waals surface area contributed by atoms with Crippen molar-refractivity contribution in [3.8, 4) is 10.9 Å². The molecule has 0 radical (unpaired) electrons. The Kier molecular flexibility index (Phi) is 5.34. The number of ether oxygens (including phenoxy) is 2. The van der Waals surface area contributed by atoms with Gasteiger partial charge in [-0.3, -0.25) is 0 Å². The Morgan fingerprint density at radius 2 is 2.00 bits per heavy atom. The fourth-order valence-electron chi connectivity index (χ4n) is 3.34. The summed E-state index contributed by atoms with van der Waals surface area (Å²) in [7, 11) is 1.61. The van der Waals surface area contributed by atoms with E-state index >= 15 is 0 Å². The van der Waals surface area contributed by atoms with E-state index in [1.54, 1.807) is 18.4 Å². The molecule has 2 amide bonds. The van der Waals surface area contributed by atoms with Crippen LogP contribution in [-0.2, 0) is 0 Å². The minimum atomic E-state index is -0.0951. The Labute approximate surface area is 168 Å². The van der Waals surface area contributed by atoms with Crippen molar-refractivity contribution in [3.05, 3.63) is 48.0 Å². The number of hydrogen-bond donors (Lipinski definition) is 1.